The van der Waals surface area contributed by atoms with E-state index in [1.54, 1.807) is 18.2 Å². The van der Waals surface area contributed by atoms with Gasteiger partial charge in [-0.3, -0.25) is 4.79 Å². The number of halogens is 2. The Kier molecular flexibility index (Phi) is 4.50. The molecule has 0 atom stereocenters. The van der Waals surface area contributed by atoms with Gasteiger partial charge < -0.3 is 10.4 Å². The van der Waals surface area contributed by atoms with E-state index in [-0.39, 0.29) is 27.2 Å². The zero-order valence-corrected chi connectivity index (χ0v) is 12.5. The summed E-state index contributed by atoms with van der Waals surface area (Å²) >= 11 is 11.9. The molecule has 0 aliphatic heterocycles. The Bertz CT molecular complexity index is 729. The van der Waals surface area contributed by atoms with Gasteiger partial charge in [-0.25, -0.2) is 4.79 Å². The fraction of sp³-hybridized carbons (Fsp3) is 0.0667. The Morgan fingerprint density at radius 2 is 1.81 bits per heavy atom. The summed E-state index contributed by atoms with van der Waals surface area (Å²) < 4.78 is 0. The van der Waals surface area contributed by atoms with Crippen molar-refractivity contribution in [3.63, 3.8) is 0 Å². The molecule has 21 heavy (non-hydrogen) atoms. The Morgan fingerprint density at radius 3 is 2.43 bits per heavy atom. The molecule has 0 spiro atoms. The molecule has 0 bridgehead atoms. The van der Waals surface area contributed by atoms with Gasteiger partial charge in [-0.1, -0.05) is 40.9 Å². The Hall–Kier alpha value is -2.04. The van der Waals surface area contributed by atoms with E-state index in [1.807, 2.05) is 13.0 Å². The first-order valence-electron chi connectivity index (χ1n) is 5.99. The minimum Gasteiger partial charge on any atom is -0.478 e. The Balaban J connectivity index is 2.35. The van der Waals surface area contributed by atoms with Gasteiger partial charge in [0.1, 0.15) is 0 Å². The van der Waals surface area contributed by atoms with Gasteiger partial charge in [0.2, 0.25) is 0 Å². The summed E-state index contributed by atoms with van der Waals surface area (Å²) in [6.45, 7) is 1.87. The van der Waals surface area contributed by atoms with Crippen LogP contribution in [0.1, 0.15) is 26.3 Å². The van der Waals surface area contributed by atoms with Crippen molar-refractivity contribution < 1.29 is 14.7 Å². The van der Waals surface area contributed by atoms with Crippen LogP contribution in [0.25, 0.3) is 0 Å². The van der Waals surface area contributed by atoms with Crippen LogP contribution in [0.4, 0.5) is 5.69 Å². The summed E-state index contributed by atoms with van der Waals surface area (Å²) in [5, 5.41) is 11.7. The van der Waals surface area contributed by atoms with Crippen molar-refractivity contribution in [1.82, 2.24) is 0 Å². The first kappa shape index (κ1) is 15.4. The summed E-state index contributed by atoms with van der Waals surface area (Å²) in [6, 6.07) is 9.49. The van der Waals surface area contributed by atoms with Gasteiger partial charge in [0.05, 0.1) is 21.3 Å². The van der Waals surface area contributed by atoms with Crippen LogP contribution < -0.4 is 5.32 Å². The summed E-state index contributed by atoms with van der Waals surface area (Å²) in [6.07, 6.45) is 0. The maximum atomic E-state index is 12.2. The second-order valence-corrected chi connectivity index (χ2v) is 5.23. The van der Waals surface area contributed by atoms with E-state index in [0.717, 1.165) is 5.56 Å². The summed E-state index contributed by atoms with van der Waals surface area (Å²) in [4.78, 5) is 23.2. The third-order valence-electron chi connectivity index (χ3n) is 2.80. The van der Waals surface area contributed by atoms with Crippen LogP contribution >= 0.6 is 23.2 Å². The van der Waals surface area contributed by atoms with Crippen molar-refractivity contribution >= 4 is 40.8 Å². The second kappa shape index (κ2) is 6.16. The van der Waals surface area contributed by atoms with E-state index in [0.29, 0.717) is 5.56 Å². The highest BCUT2D eigenvalue weighted by atomic mass is 35.5. The lowest BCUT2D eigenvalue weighted by molar-refractivity contribution is 0.0696. The van der Waals surface area contributed by atoms with Gasteiger partial charge in [0, 0.05) is 5.56 Å². The molecule has 0 radical (unpaired) electrons. The van der Waals surface area contributed by atoms with Crippen molar-refractivity contribution in [3.8, 4) is 0 Å². The number of aryl methyl sites for hydroxylation is 1. The second-order valence-electron chi connectivity index (χ2n) is 4.45. The molecule has 6 heteroatoms. The van der Waals surface area contributed by atoms with Crippen LogP contribution in [0.3, 0.4) is 0 Å². The number of carboxylic acid groups (broad SMARTS) is 1. The lowest BCUT2D eigenvalue weighted by Crippen LogP contribution is -2.13. The highest BCUT2D eigenvalue weighted by Crippen LogP contribution is 2.32. The molecule has 2 N–H and O–H groups in total. The lowest BCUT2D eigenvalue weighted by Gasteiger charge is -2.10. The highest BCUT2D eigenvalue weighted by molar-refractivity contribution is 6.44. The molecular weight excluding hydrogens is 313 g/mol. The number of hydrogen-bond acceptors (Lipinski definition) is 2. The van der Waals surface area contributed by atoms with E-state index < -0.39 is 5.97 Å². The SMILES string of the molecule is Cc1cccc(C(=O)Nc2cc(C(=O)O)cc(Cl)c2Cl)c1. The number of amides is 1. The molecule has 0 saturated carbocycles. The van der Waals surface area contributed by atoms with Crippen LogP contribution in [-0.4, -0.2) is 17.0 Å². The number of anilines is 1. The molecule has 108 valence electrons. The molecule has 0 aliphatic carbocycles. The smallest absolute Gasteiger partial charge is 0.335 e. The van der Waals surface area contributed by atoms with E-state index >= 15 is 0 Å². The van der Waals surface area contributed by atoms with E-state index in [4.69, 9.17) is 28.3 Å². The first-order valence-corrected chi connectivity index (χ1v) is 6.74. The van der Waals surface area contributed by atoms with Crippen molar-refractivity contribution in [2.75, 3.05) is 5.32 Å². The number of rotatable bonds is 3. The largest absolute Gasteiger partial charge is 0.478 e. The number of benzene rings is 2. The third-order valence-corrected chi connectivity index (χ3v) is 3.61. The highest BCUT2D eigenvalue weighted by Gasteiger charge is 2.14. The molecule has 2 rings (SSSR count). The number of carbonyl (C=O) groups is 2. The maximum absolute atomic E-state index is 12.2. The summed E-state index contributed by atoms with van der Waals surface area (Å²) in [5.41, 5.74) is 1.49. The molecule has 0 saturated heterocycles. The van der Waals surface area contributed by atoms with E-state index in [1.165, 1.54) is 12.1 Å². The third kappa shape index (κ3) is 3.54. The molecule has 2 aromatic rings. The average Bonchev–Trinajstić information content (AvgIpc) is 2.43. The van der Waals surface area contributed by atoms with Crippen molar-refractivity contribution in [2.45, 2.75) is 6.92 Å². The molecule has 0 heterocycles. The van der Waals surface area contributed by atoms with E-state index in [9.17, 15) is 9.59 Å². The number of aromatic carboxylic acids is 1. The van der Waals surface area contributed by atoms with Gasteiger partial charge >= 0.3 is 5.97 Å². The van der Waals surface area contributed by atoms with Gasteiger partial charge in [0.25, 0.3) is 5.91 Å². The molecule has 0 aliphatic rings. The standard InChI is InChI=1S/C15H11Cl2NO3/c1-8-3-2-4-9(5-8)14(19)18-12-7-10(15(20)21)6-11(16)13(12)17/h2-7H,1H3,(H,18,19)(H,20,21). The first-order chi connectivity index (χ1) is 9.88. The lowest BCUT2D eigenvalue weighted by atomic mass is 10.1. The normalized spacial score (nSPS) is 10.2. The monoisotopic (exact) mass is 323 g/mol. The number of nitrogens with one attached hydrogen (secondary N) is 1. The van der Waals surface area contributed by atoms with E-state index in [2.05, 4.69) is 5.32 Å². The summed E-state index contributed by atoms with van der Waals surface area (Å²) in [5.74, 6) is -1.54. The molecule has 0 aromatic heterocycles. The van der Waals surface area contributed by atoms with Crippen LogP contribution in [0, 0.1) is 6.92 Å². The van der Waals surface area contributed by atoms with Crippen molar-refractivity contribution in [1.29, 1.82) is 0 Å². The molecule has 1 amide bonds. The van der Waals surface area contributed by atoms with Crippen LogP contribution in [0.2, 0.25) is 10.0 Å². The van der Waals surface area contributed by atoms with Gasteiger partial charge in [-0.15, -0.1) is 0 Å². The number of carboxylic acids is 1. The molecule has 0 unspecified atom stereocenters. The fourth-order valence-electron chi connectivity index (χ4n) is 1.78. The predicted octanol–water partition coefficient (Wildman–Crippen LogP) is 4.25. The predicted molar refractivity (Wildman–Crippen MR) is 82.6 cm³/mol. The zero-order chi connectivity index (χ0) is 15.6. The number of carbonyl (C=O) groups excluding carboxylic acids is 1. The Morgan fingerprint density at radius 1 is 1.10 bits per heavy atom. The van der Waals surface area contributed by atoms with Gasteiger partial charge in [0.15, 0.2) is 0 Å². The topological polar surface area (TPSA) is 66.4 Å². The quantitative estimate of drug-likeness (QED) is 0.887. The van der Waals surface area contributed by atoms with Gasteiger partial charge in [-0.05, 0) is 31.2 Å². The molecule has 0 fully saturated rings. The minimum atomic E-state index is -1.15. The van der Waals surface area contributed by atoms with Crippen LogP contribution in [0.15, 0.2) is 36.4 Å². The van der Waals surface area contributed by atoms with Crippen LogP contribution in [0.5, 0.6) is 0 Å². The average molecular weight is 324 g/mol. The Labute approximate surface area is 131 Å². The number of hydrogen-bond donors (Lipinski definition) is 2. The fourth-order valence-corrected chi connectivity index (χ4v) is 2.16. The minimum absolute atomic E-state index is 0.0519. The van der Waals surface area contributed by atoms with Crippen LogP contribution in [-0.2, 0) is 0 Å². The maximum Gasteiger partial charge on any atom is 0.335 e. The van der Waals surface area contributed by atoms with Gasteiger partial charge in [-0.2, -0.15) is 0 Å². The van der Waals surface area contributed by atoms with Crippen molar-refractivity contribution in [2.24, 2.45) is 0 Å². The van der Waals surface area contributed by atoms with Crippen molar-refractivity contribution in [3.05, 3.63) is 63.1 Å². The zero-order valence-electron chi connectivity index (χ0n) is 11.0. The molecule has 2 aromatic carbocycles. The summed E-state index contributed by atoms with van der Waals surface area (Å²) in [7, 11) is 0. The molecule has 4 nitrogen and oxygen atoms in total. The molecular formula is C15H11Cl2NO3.